The van der Waals surface area contributed by atoms with E-state index in [-0.39, 0.29) is 29.8 Å². The lowest BCUT2D eigenvalue weighted by molar-refractivity contribution is -0.138. The van der Waals surface area contributed by atoms with Gasteiger partial charge in [-0.1, -0.05) is 18.2 Å². The van der Waals surface area contributed by atoms with E-state index in [0.29, 0.717) is 0 Å². The first-order valence-corrected chi connectivity index (χ1v) is 7.56. The van der Waals surface area contributed by atoms with Crippen LogP contribution in [0.1, 0.15) is 33.9 Å². The Morgan fingerprint density at radius 3 is 2.64 bits per heavy atom. The third-order valence-corrected chi connectivity index (χ3v) is 4.14. The second-order valence-electron chi connectivity index (χ2n) is 5.88. The smallest absolute Gasteiger partial charge is 0.416 e. The summed E-state index contributed by atoms with van der Waals surface area (Å²) >= 11 is 0. The van der Waals surface area contributed by atoms with Crippen molar-refractivity contribution in [3.05, 3.63) is 59.4 Å². The van der Waals surface area contributed by atoms with Crippen LogP contribution in [-0.4, -0.2) is 38.7 Å². The summed E-state index contributed by atoms with van der Waals surface area (Å²) in [4.78, 5) is 17.6. The molecule has 3 rings (SSSR count). The second kappa shape index (κ2) is 6.36. The van der Waals surface area contributed by atoms with Gasteiger partial charge in [-0.15, -0.1) is 0 Å². The summed E-state index contributed by atoms with van der Waals surface area (Å²) in [7, 11) is 0. The van der Waals surface area contributed by atoms with E-state index < -0.39 is 29.8 Å². The van der Waals surface area contributed by atoms with E-state index in [1.165, 1.54) is 35.4 Å². The Morgan fingerprint density at radius 2 is 1.96 bits per heavy atom. The molecular weight excluding hydrogens is 337 g/mol. The quantitative estimate of drug-likeness (QED) is 0.872. The minimum Gasteiger partial charge on any atom is -0.506 e. The van der Waals surface area contributed by atoms with E-state index >= 15 is 0 Å². The number of alkyl halides is 3. The highest BCUT2D eigenvalue weighted by Crippen LogP contribution is 2.40. The number of pyridine rings is 1. The summed E-state index contributed by atoms with van der Waals surface area (Å²) in [6.45, 7) is -0.0919. The van der Waals surface area contributed by atoms with Crippen molar-refractivity contribution in [3.8, 4) is 5.75 Å². The number of aromatic hydroxyl groups is 1. The highest BCUT2D eigenvalue weighted by Gasteiger charge is 2.41. The predicted octanol–water partition coefficient (Wildman–Crippen LogP) is 2.75. The topological polar surface area (TPSA) is 73.7 Å². The summed E-state index contributed by atoms with van der Waals surface area (Å²) in [5, 5.41) is 19.4. The monoisotopic (exact) mass is 352 g/mol. The predicted molar refractivity (Wildman–Crippen MR) is 81.7 cm³/mol. The van der Waals surface area contributed by atoms with Gasteiger partial charge in [0.1, 0.15) is 5.75 Å². The maximum atomic E-state index is 13.3. The lowest BCUT2D eigenvalue weighted by atomic mass is 9.97. The number of aliphatic hydroxyl groups is 1. The molecule has 2 atom stereocenters. The average Bonchev–Trinajstić information content (AvgIpc) is 2.95. The number of hydrogen-bond acceptors (Lipinski definition) is 4. The molecule has 132 valence electrons. The van der Waals surface area contributed by atoms with Crippen LogP contribution >= 0.6 is 0 Å². The fourth-order valence-corrected chi connectivity index (χ4v) is 3.09. The highest BCUT2D eigenvalue weighted by atomic mass is 19.4. The van der Waals surface area contributed by atoms with Crippen LogP contribution in [-0.2, 0) is 6.18 Å². The fourth-order valence-electron chi connectivity index (χ4n) is 3.09. The number of carbonyl (C=O) groups is 1. The molecule has 0 saturated carbocycles. The first kappa shape index (κ1) is 17.2. The molecule has 1 fully saturated rings. The average molecular weight is 352 g/mol. The van der Waals surface area contributed by atoms with E-state index in [0.717, 1.165) is 12.3 Å². The standard InChI is InChI=1S/C17H15F3N2O3/c18-17(19,20)14-4-2-1-3-13(14)15-6-12(24)9-22(15)16(25)10-5-11(23)8-21-7-10/h1-5,7-8,12,15,23-24H,6,9H2/t12-,15-/m1/s1. The number of carbonyl (C=O) groups excluding carboxylic acids is 1. The molecule has 2 aromatic rings. The van der Waals surface area contributed by atoms with Crippen molar-refractivity contribution in [1.29, 1.82) is 0 Å². The summed E-state index contributed by atoms with van der Waals surface area (Å²) in [5.41, 5.74) is -0.850. The molecule has 1 amide bonds. The van der Waals surface area contributed by atoms with Crippen molar-refractivity contribution < 1.29 is 28.2 Å². The van der Waals surface area contributed by atoms with Crippen molar-refractivity contribution in [2.45, 2.75) is 24.7 Å². The van der Waals surface area contributed by atoms with Crippen molar-refractivity contribution in [2.24, 2.45) is 0 Å². The van der Waals surface area contributed by atoms with Gasteiger partial charge in [-0.05, 0) is 24.1 Å². The number of nitrogens with zero attached hydrogens (tertiary/aromatic N) is 2. The van der Waals surface area contributed by atoms with Crippen molar-refractivity contribution >= 4 is 5.91 Å². The maximum absolute atomic E-state index is 13.3. The molecule has 2 N–H and O–H groups in total. The Balaban J connectivity index is 2.00. The van der Waals surface area contributed by atoms with Gasteiger partial charge in [-0.25, -0.2) is 0 Å². The van der Waals surface area contributed by atoms with Crippen LogP contribution in [0.15, 0.2) is 42.7 Å². The summed E-state index contributed by atoms with van der Waals surface area (Å²) < 4.78 is 39.9. The lowest BCUT2D eigenvalue weighted by Gasteiger charge is -2.27. The lowest BCUT2D eigenvalue weighted by Crippen LogP contribution is -2.32. The largest absolute Gasteiger partial charge is 0.506 e. The van der Waals surface area contributed by atoms with Gasteiger partial charge in [0.15, 0.2) is 0 Å². The molecule has 8 heteroatoms. The number of rotatable bonds is 2. The van der Waals surface area contributed by atoms with Gasteiger partial charge in [-0.2, -0.15) is 13.2 Å². The minimum absolute atomic E-state index is 0.00504. The molecule has 0 aliphatic carbocycles. The zero-order valence-electron chi connectivity index (χ0n) is 12.9. The Morgan fingerprint density at radius 1 is 1.24 bits per heavy atom. The third kappa shape index (κ3) is 3.43. The first-order chi connectivity index (χ1) is 11.8. The summed E-state index contributed by atoms with van der Waals surface area (Å²) in [6.07, 6.45) is -3.12. The van der Waals surface area contributed by atoms with Crippen LogP contribution < -0.4 is 0 Å². The number of likely N-dealkylation sites (tertiary alicyclic amines) is 1. The fraction of sp³-hybridized carbons (Fsp3) is 0.294. The minimum atomic E-state index is -4.56. The van der Waals surface area contributed by atoms with Crippen LogP contribution in [0, 0.1) is 0 Å². The molecule has 25 heavy (non-hydrogen) atoms. The molecule has 1 aliphatic heterocycles. The van der Waals surface area contributed by atoms with E-state index in [9.17, 15) is 28.2 Å². The summed E-state index contributed by atoms with van der Waals surface area (Å²) in [5.74, 6) is -0.820. The molecule has 5 nitrogen and oxygen atoms in total. The molecule has 0 spiro atoms. The molecular formula is C17H15F3N2O3. The normalized spacial score (nSPS) is 20.7. The van der Waals surface area contributed by atoms with Gasteiger partial charge in [0.25, 0.3) is 5.91 Å². The number of halogens is 3. The van der Waals surface area contributed by atoms with E-state index in [2.05, 4.69) is 4.98 Å². The molecule has 2 heterocycles. The number of hydrogen-bond donors (Lipinski definition) is 2. The molecule has 0 radical (unpaired) electrons. The number of benzene rings is 1. The van der Waals surface area contributed by atoms with Crippen molar-refractivity contribution in [3.63, 3.8) is 0 Å². The molecule has 0 bridgehead atoms. The van der Waals surface area contributed by atoms with Crippen molar-refractivity contribution in [1.82, 2.24) is 9.88 Å². The first-order valence-electron chi connectivity index (χ1n) is 7.56. The zero-order chi connectivity index (χ0) is 18.2. The van der Waals surface area contributed by atoms with Crippen LogP contribution in [0.4, 0.5) is 13.2 Å². The van der Waals surface area contributed by atoms with Crippen LogP contribution in [0.2, 0.25) is 0 Å². The van der Waals surface area contributed by atoms with Gasteiger partial charge >= 0.3 is 6.18 Å². The van der Waals surface area contributed by atoms with Crippen LogP contribution in [0.25, 0.3) is 0 Å². The van der Waals surface area contributed by atoms with E-state index in [1.54, 1.807) is 0 Å². The number of amides is 1. The van der Waals surface area contributed by atoms with Gasteiger partial charge in [0, 0.05) is 12.7 Å². The molecule has 1 aromatic carbocycles. The third-order valence-electron chi connectivity index (χ3n) is 4.14. The van der Waals surface area contributed by atoms with Gasteiger partial charge < -0.3 is 15.1 Å². The highest BCUT2D eigenvalue weighted by molar-refractivity contribution is 5.94. The van der Waals surface area contributed by atoms with Crippen molar-refractivity contribution in [2.75, 3.05) is 6.54 Å². The Hall–Kier alpha value is -2.61. The number of β-amino-alcohol motifs (C(OH)–C–C–N with tert-alkyl or cyclic N) is 1. The molecule has 1 aromatic heterocycles. The Kier molecular flexibility index (Phi) is 4.38. The van der Waals surface area contributed by atoms with E-state index in [4.69, 9.17) is 0 Å². The van der Waals surface area contributed by atoms with Crippen LogP contribution in [0.3, 0.4) is 0 Å². The van der Waals surface area contributed by atoms with Gasteiger partial charge in [-0.3, -0.25) is 9.78 Å². The van der Waals surface area contributed by atoms with Gasteiger partial charge in [0.2, 0.25) is 0 Å². The zero-order valence-corrected chi connectivity index (χ0v) is 12.9. The molecule has 1 aliphatic rings. The second-order valence-corrected chi connectivity index (χ2v) is 5.88. The Bertz CT molecular complexity index is 795. The van der Waals surface area contributed by atoms with E-state index in [1.807, 2.05) is 0 Å². The summed E-state index contributed by atoms with van der Waals surface area (Å²) in [6, 6.07) is 5.29. The number of aliphatic hydroxyl groups excluding tert-OH is 1. The van der Waals surface area contributed by atoms with Gasteiger partial charge in [0.05, 0.1) is 29.5 Å². The molecule has 1 saturated heterocycles. The molecule has 0 unspecified atom stereocenters. The van der Waals surface area contributed by atoms with Crippen LogP contribution in [0.5, 0.6) is 5.75 Å². The Labute approximate surface area is 141 Å². The SMILES string of the molecule is O=C(c1cncc(O)c1)N1C[C@H](O)C[C@@H]1c1ccccc1C(F)(F)F. The number of aromatic nitrogens is 1. The maximum Gasteiger partial charge on any atom is 0.416 e.